The Labute approximate surface area is 129 Å². The van der Waals surface area contributed by atoms with E-state index in [0.29, 0.717) is 18.7 Å². The summed E-state index contributed by atoms with van der Waals surface area (Å²) in [6.45, 7) is 2.32. The summed E-state index contributed by atoms with van der Waals surface area (Å²) in [5.74, 6) is 0.740. The average Bonchev–Trinajstić information content (AvgIpc) is 2.50. The van der Waals surface area contributed by atoms with E-state index >= 15 is 0 Å². The van der Waals surface area contributed by atoms with Gasteiger partial charge in [-0.1, -0.05) is 25.1 Å². The fraction of sp³-hybridized carbons (Fsp3) is 0.467. The summed E-state index contributed by atoms with van der Waals surface area (Å²) in [5.41, 5.74) is 0.931. The van der Waals surface area contributed by atoms with Gasteiger partial charge in [0.15, 0.2) is 0 Å². The van der Waals surface area contributed by atoms with Crippen molar-refractivity contribution in [3.05, 3.63) is 29.8 Å². The van der Waals surface area contributed by atoms with Gasteiger partial charge in [0.1, 0.15) is 5.75 Å². The fourth-order valence-electron chi connectivity index (χ4n) is 1.69. The lowest BCUT2D eigenvalue weighted by Crippen LogP contribution is -2.25. The Kier molecular flexibility index (Phi) is 7.68. The zero-order chi connectivity index (χ0) is 15.7. The Balaban J connectivity index is 2.32. The number of amides is 1. The van der Waals surface area contributed by atoms with Crippen molar-refractivity contribution in [2.45, 2.75) is 25.1 Å². The molecule has 0 bridgehead atoms. The van der Waals surface area contributed by atoms with E-state index in [1.807, 2.05) is 31.2 Å². The first-order chi connectivity index (χ1) is 10.1. The van der Waals surface area contributed by atoms with Crippen LogP contribution in [-0.2, 0) is 20.9 Å². The monoisotopic (exact) mass is 311 g/mol. The topological polar surface area (TPSA) is 64.6 Å². The third-order valence-corrected chi connectivity index (χ3v) is 4.01. The van der Waals surface area contributed by atoms with Crippen molar-refractivity contribution in [1.82, 2.24) is 5.32 Å². The highest BCUT2D eigenvalue weighted by Crippen LogP contribution is 2.17. The number of carbonyl (C=O) groups excluding carboxylic acids is 2. The number of hydrogen-bond donors (Lipinski definition) is 1. The second-order valence-corrected chi connectivity index (χ2v) is 5.92. The molecule has 0 saturated heterocycles. The lowest BCUT2D eigenvalue weighted by Gasteiger charge is -2.11. The van der Waals surface area contributed by atoms with E-state index in [1.165, 1.54) is 18.9 Å². The zero-order valence-electron chi connectivity index (χ0n) is 12.5. The number of esters is 1. The maximum Gasteiger partial charge on any atom is 0.306 e. The summed E-state index contributed by atoms with van der Waals surface area (Å²) in [6, 6.07) is 7.55. The summed E-state index contributed by atoms with van der Waals surface area (Å²) in [7, 11) is 2.96. The Morgan fingerprint density at radius 1 is 1.29 bits per heavy atom. The van der Waals surface area contributed by atoms with Gasteiger partial charge in [0, 0.05) is 17.4 Å². The van der Waals surface area contributed by atoms with E-state index in [1.54, 1.807) is 7.11 Å². The van der Waals surface area contributed by atoms with Crippen molar-refractivity contribution in [2.75, 3.05) is 20.0 Å². The molecule has 0 saturated carbocycles. The van der Waals surface area contributed by atoms with E-state index < -0.39 is 0 Å². The molecule has 6 heteroatoms. The molecule has 5 nitrogen and oxygen atoms in total. The molecule has 1 aromatic rings. The lowest BCUT2D eigenvalue weighted by atomic mass is 10.2. The van der Waals surface area contributed by atoms with Crippen LogP contribution in [0, 0.1) is 0 Å². The first-order valence-corrected chi connectivity index (χ1v) is 7.68. The van der Waals surface area contributed by atoms with E-state index in [0.717, 1.165) is 11.3 Å². The summed E-state index contributed by atoms with van der Waals surface area (Å²) in [6.07, 6.45) is 0.307. The minimum atomic E-state index is -0.260. The molecule has 0 aliphatic rings. The van der Waals surface area contributed by atoms with Crippen LogP contribution in [0.1, 0.15) is 18.9 Å². The van der Waals surface area contributed by atoms with Gasteiger partial charge in [-0.15, -0.1) is 11.8 Å². The number of para-hydroxylation sites is 1. The van der Waals surface area contributed by atoms with Crippen molar-refractivity contribution in [3.63, 3.8) is 0 Å². The Bertz CT molecular complexity index is 478. The molecule has 1 amide bonds. The SMILES string of the molecule is COC(=O)CC(C)SCC(=O)NCc1ccccc1OC. The number of methoxy groups -OCH3 is 2. The molecule has 0 heterocycles. The van der Waals surface area contributed by atoms with Gasteiger partial charge in [-0.05, 0) is 6.07 Å². The molecule has 1 N–H and O–H groups in total. The number of thioether (sulfide) groups is 1. The molecule has 0 aliphatic heterocycles. The molecule has 0 aliphatic carbocycles. The van der Waals surface area contributed by atoms with Crippen LogP contribution in [0.4, 0.5) is 0 Å². The highest BCUT2D eigenvalue weighted by atomic mass is 32.2. The summed E-state index contributed by atoms with van der Waals surface area (Å²) in [5, 5.41) is 2.89. The van der Waals surface area contributed by atoms with Crippen LogP contribution < -0.4 is 10.1 Å². The normalized spacial score (nSPS) is 11.6. The van der Waals surface area contributed by atoms with Crippen LogP contribution in [0.3, 0.4) is 0 Å². The van der Waals surface area contributed by atoms with E-state index in [-0.39, 0.29) is 17.1 Å². The van der Waals surface area contributed by atoms with Crippen LogP contribution in [0.5, 0.6) is 5.75 Å². The molecule has 0 aromatic heterocycles. The van der Waals surface area contributed by atoms with Crippen molar-refractivity contribution in [2.24, 2.45) is 0 Å². The summed E-state index contributed by atoms with van der Waals surface area (Å²) < 4.78 is 9.82. The van der Waals surface area contributed by atoms with Crippen LogP contribution in [-0.4, -0.2) is 37.1 Å². The van der Waals surface area contributed by atoms with E-state index in [4.69, 9.17) is 4.74 Å². The van der Waals surface area contributed by atoms with Gasteiger partial charge >= 0.3 is 5.97 Å². The Morgan fingerprint density at radius 2 is 2.00 bits per heavy atom. The molecular formula is C15H21NO4S. The number of carbonyl (C=O) groups is 2. The Morgan fingerprint density at radius 3 is 2.67 bits per heavy atom. The number of benzene rings is 1. The maximum atomic E-state index is 11.8. The van der Waals surface area contributed by atoms with Crippen molar-refractivity contribution in [3.8, 4) is 5.75 Å². The van der Waals surface area contributed by atoms with Crippen molar-refractivity contribution in [1.29, 1.82) is 0 Å². The molecule has 0 spiro atoms. The minimum absolute atomic E-state index is 0.0504. The predicted octanol–water partition coefficient (Wildman–Crippen LogP) is 2.00. The van der Waals surface area contributed by atoms with Crippen LogP contribution in [0.2, 0.25) is 0 Å². The predicted molar refractivity (Wildman–Crippen MR) is 83.4 cm³/mol. The number of rotatable bonds is 8. The van der Waals surface area contributed by atoms with Gasteiger partial charge < -0.3 is 14.8 Å². The number of nitrogens with one attached hydrogen (secondary N) is 1. The molecule has 0 radical (unpaired) electrons. The maximum absolute atomic E-state index is 11.8. The van der Waals surface area contributed by atoms with E-state index in [9.17, 15) is 9.59 Å². The summed E-state index contributed by atoms with van der Waals surface area (Å²) >= 11 is 1.43. The van der Waals surface area contributed by atoms with Gasteiger partial charge in [-0.3, -0.25) is 9.59 Å². The summed E-state index contributed by atoms with van der Waals surface area (Å²) in [4.78, 5) is 22.9. The number of ether oxygens (including phenoxy) is 2. The largest absolute Gasteiger partial charge is 0.496 e. The number of hydrogen-bond acceptors (Lipinski definition) is 5. The quantitative estimate of drug-likeness (QED) is 0.744. The van der Waals surface area contributed by atoms with Gasteiger partial charge in [0.25, 0.3) is 0 Å². The second-order valence-electron chi connectivity index (χ2n) is 4.49. The van der Waals surface area contributed by atoms with Crippen LogP contribution in [0.15, 0.2) is 24.3 Å². The van der Waals surface area contributed by atoms with Crippen molar-refractivity contribution >= 4 is 23.6 Å². The molecule has 1 aromatic carbocycles. The van der Waals surface area contributed by atoms with E-state index in [2.05, 4.69) is 10.1 Å². The van der Waals surface area contributed by atoms with Gasteiger partial charge in [0.05, 0.1) is 26.4 Å². The zero-order valence-corrected chi connectivity index (χ0v) is 13.4. The second kappa shape index (κ2) is 9.28. The first-order valence-electron chi connectivity index (χ1n) is 6.63. The third-order valence-electron chi connectivity index (χ3n) is 2.85. The average molecular weight is 311 g/mol. The third kappa shape index (κ3) is 6.53. The standard InChI is InChI=1S/C15H21NO4S/c1-11(8-15(18)20-3)21-10-14(17)16-9-12-6-4-5-7-13(12)19-2/h4-7,11H,8-10H2,1-3H3,(H,16,17). The fourth-order valence-corrected chi connectivity index (χ4v) is 2.48. The van der Waals surface area contributed by atoms with Crippen molar-refractivity contribution < 1.29 is 19.1 Å². The molecule has 1 atom stereocenters. The lowest BCUT2D eigenvalue weighted by molar-refractivity contribution is -0.140. The molecule has 1 unspecified atom stereocenters. The van der Waals surface area contributed by atoms with Crippen LogP contribution >= 0.6 is 11.8 Å². The molecule has 116 valence electrons. The molecule has 1 rings (SSSR count). The molecular weight excluding hydrogens is 290 g/mol. The smallest absolute Gasteiger partial charge is 0.306 e. The first kappa shape index (κ1) is 17.4. The van der Waals surface area contributed by atoms with Gasteiger partial charge in [-0.25, -0.2) is 0 Å². The highest BCUT2D eigenvalue weighted by Gasteiger charge is 2.12. The minimum Gasteiger partial charge on any atom is -0.496 e. The Hall–Kier alpha value is -1.69. The molecule has 21 heavy (non-hydrogen) atoms. The molecule has 0 fully saturated rings. The highest BCUT2D eigenvalue weighted by molar-refractivity contribution is 8.00. The van der Waals surface area contributed by atoms with Gasteiger partial charge in [0.2, 0.25) is 5.91 Å². The van der Waals surface area contributed by atoms with Crippen LogP contribution in [0.25, 0.3) is 0 Å². The van der Waals surface area contributed by atoms with Gasteiger partial charge in [-0.2, -0.15) is 0 Å².